The van der Waals surface area contributed by atoms with E-state index in [0.29, 0.717) is 5.02 Å². The van der Waals surface area contributed by atoms with Crippen LogP contribution in [0.3, 0.4) is 0 Å². The summed E-state index contributed by atoms with van der Waals surface area (Å²) in [4.78, 5) is 0. The van der Waals surface area contributed by atoms with Crippen molar-refractivity contribution < 1.29 is 5.11 Å². The van der Waals surface area contributed by atoms with Crippen molar-refractivity contribution in [3.8, 4) is 0 Å². The van der Waals surface area contributed by atoms with Gasteiger partial charge in [-0.05, 0) is 33.6 Å². The van der Waals surface area contributed by atoms with Crippen LogP contribution in [0.15, 0.2) is 21.1 Å². The summed E-state index contributed by atoms with van der Waals surface area (Å²) < 4.78 is 1.62. The van der Waals surface area contributed by atoms with Gasteiger partial charge < -0.3 is 5.11 Å². The second-order valence-corrected chi connectivity index (χ2v) is 4.13. The Bertz CT molecular complexity index is 275. The van der Waals surface area contributed by atoms with Crippen molar-refractivity contribution in [2.75, 3.05) is 0 Å². The molecule has 1 rings (SSSR count). The normalized spacial score (nSPS) is 10.2. The van der Waals surface area contributed by atoms with Crippen LogP contribution in [0.25, 0.3) is 0 Å². The molecule has 0 aliphatic carbocycles. The molecule has 0 fully saturated rings. The van der Waals surface area contributed by atoms with Crippen LogP contribution in [0.5, 0.6) is 0 Å². The molecule has 0 aliphatic rings. The third kappa shape index (κ3) is 2.18. The van der Waals surface area contributed by atoms with Crippen LogP contribution in [0.2, 0.25) is 5.02 Å². The lowest BCUT2D eigenvalue weighted by Crippen LogP contribution is -1.85. The maximum absolute atomic E-state index is 8.86. The van der Waals surface area contributed by atoms with Crippen LogP contribution in [0.4, 0.5) is 0 Å². The lowest BCUT2D eigenvalue weighted by atomic mass is 10.2. The van der Waals surface area contributed by atoms with Gasteiger partial charge in [0.25, 0.3) is 0 Å². The number of halogens is 3. The topological polar surface area (TPSA) is 20.2 Å². The Hall–Kier alpha value is 0.430. The first-order valence-electron chi connectivity index (χ1n) is 2.89. The standard InChI is InChI=1S/C7H5Br2ClO/c8-5-1-4(3-11)7(9)6(10)2-5/h1-2,11H,3H2. The smallest absolute Gasteiger partial charge is 0.0693 e. The molecule has 0 saturated heterocycles. The van der Waals surface area contributed by atoms with Gasteiger partial charge in [-0.2, -0.15) is 0 Å². The van der Waals surface area contributed by atoms with E-state index in [-0.39, 0.29) is 6.61 Å². The fourth-order valence-electron chi connectivity index (χ4n) is 0.724. The Morgan fingerprint density at radius 3 is 2.55 bits per heavy atom. The van der Waals surface area contributed by atoms with Gasteiger partial charge in [0, 0.05) is 8.95 Å². The summed E-state index contributed by atoms with van der Waals surface area (Å²) in [6, 6.07) is 3.58. The maximum Gasteiger partial charge on any atom is 0.0693 e. The molecular weight excluding hydrogens is 295 g/mol. The number of aliphatic hydroxyl groups excluding tert-OH is 1. The van der Waals surface area contributed by atoms with Gasteiger partial charge in [-0.15, -0.1) is 0 Å². The van der Waals surface area contributed by atoms with Gasteiger partial charge in [0.2, 0.25) is 0 Å². The number of hydrogen-bond donors (Lipinski definition) is 1. The van der Waals surface area contributed by atoms with E-state index in [1.165, 1.54) is 0 Å². The first kappa shape index (κ1) is 9.52. The minimum absolute atomic E-state index is 0.0141. The van der Waals surface area contributed by atoms with E-state index in [2.05, 4.69) is 31.9 Å². The highest BCUT2D eigenvalue weighted by molar-refractivity contribution is 9.11. The van der Waals surface area contributed by atoms with Gasteiger partial charge in [-0.1, -0.05) is 27.5 Å². The van der Waals surface area contributed by atoms with E-state index in [1.807, 2.05) is 6.07 Å². The van der Waals surface area contributed by atoms with Crippen molar-refractivity contribution in [3.05, 3.63) is 31.7 Å². The molecule has 0 bridgehead atoms. The van der Waals surface area contributed by atoms with Crippen LogP contribution in [0, 0.1) is 0 Å². The molecule has 1 aromatic rings. The quantitative estimate of drug-likeness (QED) is 0.789. The minimum Gasteiger partial charge on any atom is -0.392 e. The van der Waals surface area contributed by atoms with Crippen LogP contribution in [-0.2, 0) is 6.61 Å². The molecule has 0 amide bonds. The van der Waals surface area contributed by atoms with Crippen LogP contribution >= 0.6 is 43.5 Å². The van der Waals surface area contributed by atoms with Crippen LogP contribution in [0.1, 0.15) is 5.56 Å². The van der Waals surface area contributed by atoms with Crippen molar-refractivity contribution in [1.82, 2.24) is 0 Å². The highest BCUT2D eigenvalue weighted by Crippen LogP contribution is 2.30. The summed E-state index contributed by atoms with van der Waals surface area (Å²) in [6.07, 6.45) is 0. The maximum atomic E-state index is 8.86. The zero-order valence-electron chi connectivity index (χ0n) is 5.44. The third-order valence-electron chi connectivity index (χ3n) is 1.24. The molecule has 1 nitrogen and oxygen atoms in total. The summed E-state index contributed by atoms with van der Waals surface area (Å²) in [5.41, 5.74) is 0.782. The van der Waals surface area contributed by atoms with E-state index in [9.17, 15) is 0 Å². The van der Waals surface area contributed by atoms with E-state index in [1.54, 1.807) is 6.07 Å². The Balaban J connectivity index is 3.24. The van der Waals surface area contributed by atoms with Crippen molar-refractivity contribution in [3.63, 3.8) is 0 Å². The van der Waals surface area contributed by atoms with Gasteiger partial charge in [-0.3, -0.25) is 0 Å². The molecule has 0 saturated carbocycles. The zero-order valence-corrected chi connectivity index (χ0v) is 9.37. The first-order chi connectivity index (χ1) is 5.15. The fourth-order valence-corrected chi connectivity index (χ4v) is 1.95. The first-order valence-corrected chi connectivity index (χ1v) is 4.86. The summed E-state index contributed by atoms with van der Waals surface area (Å²) >= 11 is 12.3. The Kier molecular flexibility index (Phi) is 3.37. The highest BCUT2D eigenvalue weighted by Gasteiger charge is 2.04. The van der Waals surface area contributed by atoms with E-state index in [4.69, 9.17) is 16.7 Å². The summed E-state index contributed by atoms with van der Waals surface area (Å²) in [6.45, 7) is -0.0141. The van der Waals surface area contributed by atoms with Gasteiger partial charge in [0.15, 0.2) is 0 Å². The average molecular weight is 300 g/mol. The number of aliphatic hydroxyl groups is 1. The lowest BCUT2D eigenvalue weighted by Gasteiger charge is -2.02. The number of hydrogen-bond acceptors (Lipinski definition) is 1. The second-order valence-electron chi connectivity index (χ2n) is 2.02. The molecule has 1 N–H and O–H groups in total. The molecule has 0 radical (unpaired) electrons. The Labute approximate surface area is 86.6 Å². The predicted molar refractivity (Wildman–Crippen MR) is 52.8 cm³/mol. The van der Waals surface area contributed by atoms with E-state index < -0.39 is 0 Å². The molecule has 0 aliphatic heterocycles. The van der Waals surface area contributed by atoms with E-state index >= 15 is 0 Å². The molecule has 1 aromatic carbocycles. The highest BCUT2D eigenvalue weighted by atomic mass is 79.9. The molecule has 0 atom stereocenters. The lowest BCUT2D eigenvalue weighted by molar-refractivity contribution is 0.281. The van der Waals surface area contributed by atoms with Crippen molar-refractivity contribution in [1.29, 1.82) is 0 Å². The molecule has 11 heavy (non-hydrogen) atoms. The third-order valence-corrected chi connectivity index (χ3v) is 3.16. The van der Waals surface area contributed by atoms with Crippen LogP contribution < -0.4 is 0 Å². The van der Waals surface area contributed by atoms with Gasteiger partial charge in [0.1, 0.15) is 0 Å². The zero-order chi connectivity index (χ0) is 8.43. The minimum atomic E-state index is -0.0141. The fraction of sp³-hybridized carbons (Fsp3) is 0.143. The molecule has 60 valence electrons. The molecule has 0 spiro atoms. The largest absolute Gasteiger partial charge is 0.392 e. The summed E-state index contributed by atoms with van der Waals surface area (Å²) in [5.74, 6) is 0. The van der Waals surface area contributed by atoms with Gasteiger partial charge in [-0.25, -0.2) is 0 Å². The monoisotopic (exact) mass is 298 g/mol. The van der Waals surface area contributed by atoms with Crippen molar-refractivity contribution >= 4 is 43.5 Å². The SMILES string of the molecule is OCc1cc(Br)cc(Cl)c1Br. The predicted octanol–water partition coefficient (Wildman–Crippen LogP) is 3.36. The Morgan fingerprint density at radius 1 is 1.36 bits per heavy atom. The summed E-state index contributed by atoms with van der Waals surface area (Å²) in [5, 5.41) is 9.46. The van der Waals surface area contributed by atoms with Crippen LogP contribution in [-0.4, -0.2) is 5.11 Å². The Morgan fingerprint density at radius 2 is 2.00 bits per heavy atom. The summed E-state index contributed by atoms with van der Waals surface area (Å²) in [7, 11) is 0. The van der Waals surface area contributed by atoms with Gasteiger partial charge in [0.05, 0.1) is 11.6 Å². The number of rotatable bonds is 1. The number of benzene rings is 1. The van der Waals surface area contributed by atoms with E-state index in [0.717, 1.165) is 14.5 Å². The van der Waals surface area contributed by atoms with Crippen molar-refractivity contribution in [2.24, 2.45) is 0 Å². The molecule has 0 heterocycles. The molecule has 0 aromatic heterocycles. The molecular formula is C7H5Br2ClO. The second kappa shape index (κ2) is 3.90. The molecule has 0 unspecified atom stereocenters. The molecule has 4 heteroatoms. The van der Waals surface area contributed by atoms with Gasteiger partial charge >= 0.3 is 0 Å². The average Bonchev–Trinajstić information content (AvgIpc) is 1.96. The van der Waals surface area contributed by atoms with Crippen molar-refractivity contribution in [2.45, 2.75) is 6.61 Å².